The number of aromatic amines is 2. The summed E-state index contributed by atoms with van der Waals surface area (Å²) >= 11 is 0. The lowest BCUT2D eigenvalue weighted by Gasteiger charge is -2.34. The molecule has 1 aliphatic heterocycles. The van der Waals surface area contributed by atoms with Crippen molar-refractivity contribution in [1.82, 2.24) is 20.3 Å². The van der Waals surface area contributed by atoms with Crippen LogP contribution in [0.1, 0.15) is 35.0 Å². The lowest BCUT2D eigenvalue weighted by atomic mass is 9.75. The molecular formula is C29H23F3N4O3. The second-order valence-corrected chi connectivity index (χ2v) is 9.49. The number of imidazole rings is 1. The van der Waals surface area contributed by atoms with Gasteiger partial charge in [0.25, 0.3) is 5.91 Å². The van der Waals surface area contributed by atoms with Gasteiger partial charge in [0.15, 0.2) is 11.6 Å². The second-order valence-electron chi connectivity index (χ2n) is 9.49. The number of fused-ring (bicyclic) bond motifs is 2. The van der Waals surface area contributed by atoms with Crippen LogP contribution in [0.2, 0.25) is 0 Å². The van der Waals surface area contributed by atoms with Crippen LogP contribution < -0.4 is 14.8 Å². The number of carbonyl (C=O) groups excluding carboxylic acids is 1. The summed E-state index contributed by atoms with van der Waals surface area (Å²) in [6, 6.07) is 12.9. The Morgan fingerprint density at radius 1 is 1.13 bits per heavy atom. The maximum absolute atomic E-state index is 15.1. The summed E-state index contributed by atoms with van der Waals surface area (Å²) < 4.78 is 56.4. The predicted molar refractivity (Wildman–Crippen MR) is 139 cm³/mol. The highest BCUT2D eigenvalue weighted by Crippen LogP contribution is 2.43. The molecule has 1 aliphatic rings. The SMILES string of the molecule is CNC(=O)c1c(Oc2ccc(F)c(-c3ncc([C@@]4(C)CCOc5ccccc54)[nH]3)c2)c(F)c(F)c2[nH]ccc12. The molecule has 7 nitrogen and oxygen atoms in total. The van der Waals surface area contributed by atoms with E-state index in [9.17, 15) is 9.18 Å². The van der Waals surface area contributed by atoms with Gasteiger partial charge in [0, 0.05) is 41.5 Å². The standard InChI is InChI=1S/C29H23F3N4O3/c1-29(10-12-38-20-6-4-3-5-18(20)29)21-14-35-27(36-21)17-13-15(7-8-19(17)30)39-26-22(28(37)33-2)16-9-11-34-25(16)23(31)24(26)32/h3-9,11,13-14,34H,10,12H2,1-2H3,(H,33,37)(H,35,36)/t29-/m0/s1. The number of hydrogen-bond donors (Lipinski definition) is 3. The smallest absolute Gasteiger partial charge is 0.255 e. The molecular weight excluding hydrogens is 509 g/mol. The molecule has 0 radical (unpaired) electrons. The van der Waals surface area contributed by atoms with Crippen molar-refractivity contribution in [2.45, 2.75) is 18.8 Å². The molecule has 3 aromatic carbocycles. The van der Waals surface area contributed by atoms with Crippen molar-refractivity contribution in [3.63, 3.8) is 0 Å². The van der Waals surface area contributed by atoms with E-state index in [2.05, 4.69) is 27.2 Å². The van der Waals surface area contributed by atoms with E-state index in [1.165, 1.54) is 31.4 Å². The van der Waals surface area contributed by atoms with Crippen molar-refractivity contribution in [2.24, 2.45) is 0 Å². The van der Waals surface area contributed by atoms with Crippen LogP contribution in [0.3, 0.4) is 0 Å². The van der Waals surface area contributed by atoms with Crippen molar-refractivity contribution in [1.29, 1.82) is 0 Å². The van der Waals surface area contributed by atoms with E-state index in [4.69, 9.17) is 9.47 Å². The van der Waals surface area contributed by atoms with Crippen molar-refractivity contribution in [3.8, 4) is 28.6 Å². The van der Waals surface area contributed by atoms with Gasteiger partial charge in [-0.1, -0.05) is 18.2 Å². The number of rotatable bonds is 5. The Bertz CT molecular complexity index is 1750. The molecule has 0 saturated carbocycles. The van der Waals surface area contributed by atoms with Gasteiger partial charge < -0.3 is 24.8 Å². The van der Waals surface area contributed by atoms with Gasteiger partial charge in [-0.2, -0.15) is 4.39 Å². The minimum atomic E-state index is -1.35. The molecule has 2 aromatic heterocycles. The number of benzene rings is 3. The molecule has 198 valence electrons. The van der Waals surface area contributed by atoms with Crippen molar-refractivity contribution >= 4 is 16.8 Å². The summed E-state index contributed by atoms with van der Waals surface area (Å²) in [5.41, 5.74) is 1.03. The molecule has 0 aliphatic carbocycles. The Labute approximate surface area is 221 Å². The summed E-state index contributed by atoms with van der Waals surface area (Å²) in [5, 5.41) is 2.57. The van der Waals surface area contributed by atoms with E-state index in [1.54, 1.807) is 6.20 Å². The van der Waals surface area contributed by atoms with Gasteiger partial charge in [-0.3, -0.25) is 4.79 Å². The van der Waals surface area contributed by atoms with E-state index < -0.39 is 34.5 Å². The van der Waals surface area contributed by atoms with Crippen LogP contribution in [-0.4, -0.2) is 34.5 Å². The first-order chi connectivity index (χ1) is 18.8. The third-order valence-corrected chi connectivity index (χ3v) is 7.23. The van der Waals surface area contributed by atoms with Crippen LogP contribution >= 0.6 is 0 Å². The first-order valence-electron chi connectivity index (χ1n) is 12.3. The monoisotopic (exact) mass is 532 g/mol. The van der Waals surface area contributed by atoms with Crippen LogP contribution in [0.25, 0.3) is 22.3 Å². The second kappa shape index (κ2) is 9.23. The predicted octanol–water partition coefficient (Wildman–Crippen LogP) is 6.22. The minimum Gasteiger partial charge on any atom is -0.493 e. The molecule has 0 unspecified atom stereocenters. The van der Waals surface area contributed by atoms with Crippen LogP contribution in [-0.2, 0) is 5.41 Å². The quantitative estimate of drug-likeness (QED) is 0.251. The number of H-pyrrole nitrogens is 2. The zero-order chi connectivity index (χ0) is 27.3. The van der Waals surface area contributed by atoms with Crippen LogP contribution in [0.4, 0.5) is 13.2 Å². The number of aromatic nitrogens is 3. The molecule has 6 rings (SSSR count). The zero-order valence-corrected chi connectivity index (χ0v) is 21.0. The number of amides is 1. The molecule has 5 aromatic rings. The lowest BCUT2D eigenvalue weighted by Crippen LogP contribution is -2.31. The van der Waals surface area contributed by atoms with Crippen LogP contribution in [0, 0.1) is 17.5 Å². The van der Waals surface area contributed by atoms with Gasteiger partial charge in [-0.05, 0) is 43.7 Å². The summed E-state index contributed by atoms with van der Waals surface area (Å²) in [5.74, 6) is -3.41. The minimum absolute atomic E-state index is 0.00897. The fourth-order valence-electron chi connectivity index (χ4n) is 5.08. The summed E-state index contributed by atoms with van der Waals surface area (Å²) in [4.78, 5) is 22.9. The number of ether oxygens (including phenoxy) is 2. The molecule has 3 N–H and O–H groups in total. The first-order valence-corrected chi connectivity index (χ1v) is 12.3. The van der Waals surface area contributed by atoms with Gasteiger partial charge in [0.05, 0.1) is 23.3 Å². The van der Waals surface area contributed by atoms with E-state index in [1.807, 2.05) is 24.3 Å². The molecule has 1 atom stereocenters. The Hall–Kier alpha value is -4.73. The zero-order valence-electron chi connectivity index (χ0n) is 21.0. The average Bonchev–Trinajstić information content (AvgIpc) is 3.64. The van der Waals surface area contributed by atoms with Crippen molar-refractivity contribution in [2.75, 3.05) is 13.7 Å². The molecule has 0 saturated heterocycles. The average molecular weight is 533 g/mol. The normalized spacial score (nSPS) is 16.5. The van der Waals surface area contributed by atoms with E-state index in [-0.39, 0.29) is 33.6 Å². The Morgan fingerprint density at radius 3 is 2.77 bits per heavy atom. The van der Waals surface area contributed by atoms with E-state index >= 15 is 8.78 Å². The lowest BCUT2D eigenvalue weighted by molar-refractivity contribution is 0.0961. The van der Waals surface area contributed by atoms with Crippen molar-refractivity contribution < 1.29 is 27.4 Å². The summed E-state index contributed by atoms with van der Waals surface area (Å²) in [7, 11) is 1.37. The van der Waals surface area contributed by atoms with E-state index in [0.29, 0.717) is 13.0 Å². The number of nitrogens with zero attached hydrogens (tertiary/aromatic N) is 1. The Morgan fingerprint density at radius 2 is 1.95 bits per heavy atom. The van der Waals surface area contributed by atoms with Crippen LogP contribution in [0.5, 0.6) is 17.2 Å². The molecule has 39 heavy (non-hydrogen) atoms. The topological polar surface area (TPSA) is 92.0 Å². The summed E-state index contributed by atoms with van der Waals surface area (Å²) in [6.45, 7) is 2.58. The summed E-state index contributed by atoms with van der Waals surface area (Å²) in [6.07, 6.45) is 3.74. The highest BCUT2D eigenvalue weighted by Gasteiger charge is 2.36. The maximum atomic E-state index is 15.1. The third kappa shape index (κ3) is 3.91. The molecule has 0 bridgehead atoms. The van der Waals surface area contributed by atoms with E-state index in [0.717, 1.165) is 23.1 Å². The Kier molecular flexibility index (Phi) is 5.82. The number of halogens is 3. The number of nitrogens with one attached hydrogen (secondary N) is 3. The van der Waals surface area contributed by atoms with Gasteiger partial charge in [0.1, 0.15) is 23.1 Å². The molecule has 1 amide bonds. The van der Waals surface area contributed by atoms with Crippen molar-refractivity contribution in [3.05, 3.63) is 95.2 Å². The number of carbonyl (C=O) groups is 1. The third-order valence-electron chi connectivity index (χ3n) is 7.23. The first kappa shape index (κ1) is 24.6. The fourth-order valence-corrected chi connectivity index (χ4v) is 5.08. The number of hydrogen-bond acceptors (Lipinski definition) is 4. The van der Waals surface area contributed by atoms with Gasteiger partial charge in [-0.15, -0.1) is 0 Å². The molecule has 3 heterocycles. The molecule has 10 heteroatoms. The highest BCUT2D eigenvalue weighted by atomic mass is 19.2. The molecule has 0 fully saturated rings. The largest absolute Gasteiger partial charge is 0.493 e. The highest BCUT2D eigenvalue weighted by molar-refractivity contribution is 6.09. The van der Waals surface area contributed by atoms with Gasteiger partial charge in [-0.25, -0.2) is 13.8 Å². The Balaban J connectivity index is 1.40. The maximum Gasteiger partial charge on any atom is 0.255 e. The van der Waals surface area contributed by atoms with Gasteiger partial charge >= 0.3 is 0 Å². The van der Waals surface area contributed by atoms with Gasteiger partial charge in [0.2, 0.25) is 5.82 Å². The molecule has 0 spiro atoms. The van der Waals surface area contributed by atoms with Crippen LogP contribution in [0.15, 0.2) is 60.9 Å². The number of para-hydroxylation sites is 1. The fraction of sp³-hybridized carbons (Fsp3) is 0.172.